The van der Waals surface area contributed by atoms with Crippen LogP contribution in [0, 0.1) is 10.8 Å². The van der Waals surface area contributed by atoms with Gasteiger partial charge in [0, 0.05) is 0 Å². The van der Waals surface area contributed by atoms with Gasteiger partial charge in [0.2, 0.25) is 0 Å². The monoisotopic (exact) mass is 183 g/mol. The Morgan fingerprint density at radius 2 is 1.38 bits per heavy atom. The summed E-state index contributed by atoms with van der Waals surface area (Å²) in [7, 11) is 0. The van der Waals surface area contributed by atoms with E-state index in [2.05, 4.69) is 12.2 Å². The topological polar surface area (TPSA) is 112 Å². The highest BCUT2D eigenvalue weighted by Crippen LogP contribution is 2.07. The van der Waals surface area contributed by atoms with Crippen LogP contribution >= 0.6 is 0 Å². The van der Waals surface area contributed by atoms with Crippen molar-refractivity contribution in [3.05, 3.63) is 12.2 Å². The fourth-order valence-electron chi connectivity index (χ4n) is 0.905. The quantitative estimate of drug-likeness (QED) is 0.214. The summed E-state index contributed by atoms with van der Waals surface area (Å²) in [6.07, 6.45) is 10.0. The van der Waals surface area contributed by atoms with Gasteiger partial charge in [0.1, 0.15) is 0 Å². The van der Waals surface area contributed by atoms with Crippen LogP contribution in [0.15, 0.2) is 12.2 Å². The Labute approximate surface area is 78.2 Å². The minimum absolute atomic E-state index is 0.312. The summed E-state index contributed by atoms with van der Waals surface area (Å²) in [6, 6.07) is 0. The first kappa shape index (κ1) is 11.5. The first-order chi connectivity index (χ1) is 6.13. The Hall–Kier alpha value is -1.52. The maximum Gasteiger partial charge on any atom is 0.192 e. The van der Waals surface area contributed by atoms with Gasteiger partial charge in [-0.2, -0.15) is 0 Å². The van der Waals surface area contributed by atoms with Crippen LogP contribution in [-0.2, 0) is 0 Å². The third-order valence-electron chi connectivity index (χ3n) is 1.43. The van der Waals surface area contributed by atoms with Gasteiger partial charge in [0.25, 0.3) is 0 Å². The van der Waals surface area contributed by atoms with E-state index in [0.29, 0.717) is 0 Å². The maximum atomic E-state index is 6.47. The molecule has 5 nitrogen and oxygen atoms in total. The molecule has 0 saturated carbocycles. The summed E-state index contributed by atoms with van der Waals surface area (Å²) in [5.74, 6) is -0.625. The Balaban J connectivity index is 0.000000223. The number of nitrogens with two attached hydrogens (primary N) is 2. The van der Waals surface area contributed by atoms with Gasteiger partial charge in [0.05, 0.1) is 0 Å². The van der Waals surface area contributed by atoms with E-state index in [1.807, 2.05) is 5.32 Å². The van der Waals surface area contributed by atoms with Gasteiger partial charge in [0.15, 0.2) is 11.9 Å². The zero-order valence-electron chi connectivity index (χ0n) is 7.64. The average Bonchev–Trinajstić information content (AvgIpc) is 2.06. The number of guanidine groups is 2. The molecule has 0 aromatic carbocycles. The molecule has 1 rings (SSSR count). The van der Waals surface area contributed by atoms with Crippen molar-refractivity contribution in [1.29, 1.82) is 10.8 Å². The predicted octanol–water partition coefficient (Wildman–Crippen LogP) is 0.480. The van der Waals surface area contributed by atoms with Crippen molar-refractivity contribution in [2.24, 2.45) is 11.5 Å². The summed E-state index contributed by atoms with van der Waals surface area (Å²) in [5, 5.41) is 15.0. The van der Waals surface area contributed by atoms with E-state index < -0.39 is 0 Å². The molecule has 0 fully saturated rings. The summed E-state index contributed by atoms with van der Waals surface area (Å²) in [5.41, 5.74) is 9.49. The van der Waals surface area contributed by atoms with Crippen LogP contribution in [0.3, 0.4) is 0 Å². The van der Waals surface area contributed by atoms with Crippen molar-refractivity contribution in [3.8, 4) is 0 Å². The summed E-state index contributed by atoms with van der Waals surface area (Å²) < 4.78 is 0. The Morgan fingerprint density at radius 1 is 1.00 bits per heavy atom. The van der Waals surface area contributed by atoms with E-state index in [9.17, 15) is 0 Å². The van der Waals surface area contributed by atoms with Crippen molar-refractivity contribution in [2.45, 2.75) is 25.7 Å². The molecule has 7 N–H and O–H groups in total. The van der Waals surface area contributed by atoms with Crippen molar-refractivity contribution in [3.63, 3.8) is 0 Å². The van der Waals surface area contributed by atoms with Crippen molar-refractivity contribution < 1.29 is 0 Å². The maximum absolute atomic E-state index is 6.47. The molecule has 0 bridgehead atoms. The van der Waals surface area contributed by atoms with Gasteiger partial charge in [-0.05, 0) is 25.7 Å². The molecular weight excluding hydrogens is 166 g/mol. The first-order valence-electron chi connectivity index (χ1n) is 4.23. The summed E-state index contributed by atoms with van der Waals surface area (Å²) >= 11 is 0. The second-order valence-electron chi connectivity index (χ2n) is 2.71. The molecule has 0 atom stereocenters. The Kier molecular flexibility index (Phi) is 6.31. The van der Waals surface area contributed by atoms with Crippen LogP contribution in [0.2, 0.25) is 0 Å². The van der Waals surface area contributed by atoms with E-state index in [0.717, 1.165) is 0 Å². The summed E-state index contributed by atoms with van der Waals surface area (Å²) in [4.78, 5) is 0. The normalized spacial score (nSPS) is 13.8. The molecular formula is C8H17N5. The van der Waals surface area contributed by atoms with E-state index in [-0.39, 0.29) is 11.9 Å². The number of hydrogen-bond acceptors (Lipinski definition) is 2. The lowest BCUT2D eigenvalue weighted by Crippen LogP contribution is -2.39. The van der Waals surface area contributed by atoms with Gasteiger partial charge in [-0.15, -0.1) is 0 Å². The molecule has 0 spiro atoms. The van der Waals surface area contributed by atoms with Crippen LogP contribution < -0.4 is 16.8 Å². The molecule has 0 amide bonds. The molecule has 5 heteroatoms. The van der Waals surface area contributed by atoms with E-state index in [4.69, 9.17) is 22.3 Å². The van der Waals surface area contributed by atoms with Crippen LogP contribution in [0.5, 0.6) is 0 Å². The van der Waals surface area contributed by atoms with Crippen LogP contribution in [0.25, 0.3) is 0 Å². The molecule has 1 aliphatic carbocycles. The minimum atomic E-state index is -0.312. The molecule has 0 aromatic heterocycles. The lowest BCUT2D eigenvalue weighted by atomic mass is 10.1. The number of allylic oxidation sites excluding steroid dienone is 2. The highest BCUT2D eigenvalue weighted by Gasteiger charge is 1.87. The zero-order chi connectivity index (χ0) is 10.1. The largest absolute Gasteiger partial charge is 0.370 e. The van der Waals surface area contributed by atoms with Crippen LogP contribution in [0.4, 0.5) is 0 Å². The van der Waals surface area contributed by atoms with E-state index in [1.54, 1.807) is 0 Å². The van der Waals surface area contributed by atoms with Crippen LogP contribution in [0.1, 0.15) is 25.7 Å². The molecule has 0 aromatic rings. The third kappa shape index (κ3) is 10.5. The van der Waals surface area contributed by atoms with Gasteiger partial charge in [-0.25, -0.2) is 0 Å². The molecule has 0 heterocycles. The number of hydrogen-bond donors (Lipinski definition) is 5. The van der Waals surface area contributed by atoms with Crippen molar-refractivity contribution >= 4 is 11.9 Å². The van der Waals surface area contributed by atoms with Gasteiger partial charge in [-0.3, -0.25) is 16.1 Å². The lowest BCUT2D eigenvalue weighted by Gasteiger charge is -1.97. The van der Waals surface area contributed by atoms with E-state index in [1.165, 1.54) is 25.7 Å². The third-order valence-corrected chi connectivity index (χ3v) is 1.43. The smallest absolute Gasteiger partial charge is 0.192 e. The second kappa shape index (κ2) is 7.15. The van der Waals surface area contributed by atoms with Crippen molar-refractivity contribution in [1.82, 2.24) is 5.32 Å². The Morgan fingerprint density at radius 3 is 1.46 bits per heavy atom. The van der Waals surface area contributed by atoms with Gasteiger partial charge >= 0.3 is 0 Å². The van der Waals surface area contributed by atoms with E-state index >= 15 is 0 Å². The molecule has 0 unspecified atom stereocenters. The zero-order valence-corrected chi connectivity index (χ0v) is 7.64. The summed E-state index contributed by atoms with van der Waals surface area (Å²) in [6.45, 7) is 0. The van der Waals surface area contributed by atoms with Crippen molar-refractivity contribution in [2.75, 3.05) is 0 Å². The molecule has 0 radical (unpaired) electrons. The highest BCUT2D eigenvalue weighted by atomic mass is 15.1. The fourth-order valence-corrected chi connectivity index (χ4v) is 0.905. The lowest BCUT2D eigenvalue weighted by molar-refractivity contribution is 0.730. The average molecular weight is 183 g/mol. The molecule has 0 saturated heterocycles. The van der Waals surface area contributed by atoms with Gasteiger partial charge < -0.3 is 11.5 Å². The molecule has 13 heavy (non-hydrogen) atoms. The molecule has 1 aliphatic rings. The standard InChI is InChI=1S/C6H10.C2H7N5/c1-2-4-6-5-3-1;3-1(4)7-2(5)6/h1-2H,3-6H2;(H7,3,4,5,6,7). The fraction of sp³-hybridized carbons (Fsp3) is 0.500. The minimum Gasteiger partial charge on any atom is -0.370 e. The first-order valence-corrected chi connectivity index (χ1v) is 4.23. The Bertz CT molecular complexity index is 177. The number of rotatable bonds is 0. The SMILES string of the molecule is C1=CCCCC1.N=C(N)NC(=N)N. The second-order valence-corrected chi connectivity index (χ2v) is 2.71. The number of nitrogens with one attached hydrogen (secondary N) is 3. The predicted molar refractivity (Wildman–Crippen MR) is 54.6 cm³/mol. The molecule has 74 valence electrons. The van der Waals surface area contributed by atoms with Crippen LogP contribution in [-0.4, -0.2) is 11.9 Å². The molecule has 0 aliphatic heterocycles. The van der Waals surface area contributed by atoms with Gasteiger partial charge in [-0.1, -0.05) is 12.2 Å². The highest BCUT2D eigenvalue weighted by molar-refractivity contribution is 5.93.